The van der Waals surface area contributed by atoms with Crippen LogP contribution in [-0.2, 0) is 28.5 Å². The van der Waals surface area contributed by atoms with Gasteiger partial charge in [0.05, 0.1) is 14.2 Å². The van der Waals surface area contributed by atoms with Crippen LogP contribution in [0.4, 0.5) is 0 Å². The van der Waals surface area contributed by atoms with Crippen molar-refractivity contribution in [2.45, 2.75) is 18.6 Å². The molecule has 116 valence electrons. The van der Waals surface area contributed by atoms with Crippen LogP contribution in [0.25, 0.3) is 0 Å². The van der Waals surface area contributed by atoms with Gasteiger partial charge in [-0.3, -0.25) is 9.59 Å². The maximum absolute atomic E-state index is 12.6. The van der Waals surface area contributed by atoms with E-state index in [2.05, 4.69) is 0 Å². The molecule has 6 heteroatoms. The van der Waals surface area contributed by atoms with Crippen LogP contribution in [0.2, 0.25) is 0 Å². The van der Waals surface area contributed by atoms with Gasteiger partial charge in [-0.15, -0.1) is 0 Å². The van der Waals surface area contributed by atoms with Crippen molar-refractivity contribution in [3.05, 3.63) is 24.0 Å². The summed E-state index contributed by atoms with van der Waals surface area (Å²) in [6, 6.07) is 0. The normalized spacial score (nSPS) is 30.4. The summed E-state index contributed by atoms with van der Waals surface area (Å²) in [6.45, 7) is 0. The topological polar surface area (TPSA) is 71.1 Å². The third kappa shape index (κ3) is 2.01. The summed E-state index contributed by atoms with van der Waals surface area (Å²) in [5, 5.41) is 0. The van der Waals surface area contributed by atoms with Crippen molar-refractivity contribution in [1.82, 2.24) is 0 Å². The van der Waals surface area contributed by atoms with E-state index < -0.39 is 28.9 Å². The highest BCUT2D eigenvalue weighted by Gasteiger charge is 2.63. The largest absolute Gasteiger partial charge is 0.493 e. The second-order valence-electron chi connectivity index (χ2n) is 5.11. The van der Waals surface area contributed by atoms with Crippen LogP contribution in [0, 0.1) is 11.3 Å². The molecule has 0 saturated heterocycles. The van der Waals surface area contributed by atoms with Crippen LogP contribution in [-0.4, -0.2) is 46.0 Å². The van der Waals surface area contributed by atoms with Crippen LogP contribution in [0.5, 0.6) is 0 Å². The number of ketones is 1. The summed E-state index contributed by atoms with van der Waals surface area (Å²) in [7, 11) is 5.48. The maximum atomic E-state index is 12.6. The van der Waals surface area contributed by atoms with E-state index in [1.54, 1.807) is 6.08 Å². The van der Waals surface area contributed by atoms with Gasteiger partial charge in [0.1, 0.15) is 5.41 Å². The number of hydrogen-bond acceptors (Lipinski definition) is 6. The molecule has 0 amide bonds. The summed E-state index contributed by atoms with van der Waals surface area (Å²) in [5.74, 6) is -2.87. The minimum Gasteiger partial charge on any atom is -0.493 e. The molecule has 2 atom stereocenters. The third-order valence-electron chi connectivity index (χ3n) is 4.40. The fraction of sp³-hybridized carbons (Fsp3) is 0.600. The molecule has 0 spiro atoms. The molecular weight excluding hydrogens is 276 g/mol. The first-order chi connectivity index (χ1) is 10.0. The summed E-state index contributed by atoms with van der Waals surface area (Å²) >= 11 is 0. The van der Waals surface area contributed by atoms with Crippen LogP contribution >= 0.6 is 0 Å². The quantitative estimate of drug-likeness (QED) is 0.441. The van der Waals surface area contributed by atoms with Crippen LogP contribution in [0.3, 0.4) is 0 Å². The van der Waals surface area contributed by atoms with E-state index in [4.69, 9.17) is 18.9 Å². The van der Waals surface area contributed by atoms with Gasteiger partial charge in [0.2, 0.25) is 5.79 Å². The first kappa shape index (κ1) is 15.7. The van der Waals surface area contributed by atoms with Crippen LogP contribution in [0.15, 0.2) is 24.0 Å². The Morgan fingerprint density at radius 2 is 1.86 bits per heavy atom. The van der Waals surface area contributed by atoms with Gasteiger partial charge in [0.15, 0.2) is 5.76 Å². The fourth-order valence-corrected chi connectivity index (χ4v) is 3.33. The van der Waals surface area contributed by atoms with Gasteiger partial charge < -0.3 is 18.9 Å². The smallest absolute Gasteiger partial charge is 0.316 e. The van der Waals surface area contributed by atoms with E-state index in [-0.39, 0.29) is 5.76 Å². The van der Waals surface area contributed by atoms with Gasteiger partial charge in [0.25, 0.3) is 5.78 Å². The Labute approximate surface area is 123 Å². The summed E-state index contributed by atoms with van der Waals surface area (Å²) in [4.78, 5) is 25.1. The molecule has 0 saturated carbocycles. The zero-order chi connectivity index (χ0) is 15.7. The van der Waals surface area contributed by atoms with Crippen LogP contribution in [0.1, 0.15) is 12.8 Å². The van der Waals surface area contributed by atoms with Crippen molar-refractivity contribution < 1.29 is 28.5 Å². The molecule has 2 rings (SSSR count). The number of fused-ring (bicyclic) bond motifs is 1. The number of rotatable bonds is 4. The Balaban J connectivity index is 2.69. The lowest BCUT2D eigenvalue weighted by Crippen LogP contribution is -2.61. The molecule has 6 nitrogen and oxygen atoms in total. The number of carbonyl (C=O) groups is 2. The number of hydrogen-bond donors (Lipinski definition) is 0. The Morgan fingerprint density at radius 3 is 2.38 bits per heavy atom. The van der Waals surface area contributed by atoms with Crippen molar-refractivity contribution in [2.24, 2.45) is 11.3 Å². The number of esters is 1. The average Bonchev–Trinajstić information content (AvgIpc) is 2.54. The Morgan fingerprint density at radius 1 is 1.19 bits per heavy atom. The summed E-state index contributed by atoms with van der Waals surface area (Å²) < 4.78 is 21.0. The second-order valence-corrected chi connectivity index (χ2v) is 5.11. The third-order valence-corrected chi connectivity index (χ3v) is 4.40. The van der Waals surface area contributed by atoms with Gasteiger partial charge in [0, 0.05) is 20.1 Å². The van der Waals surface area contributed by atoms with E-state index in [9.17, 15) is 9.59 Å². The molecule has 2 aliphatic rings. The maximum Gasteiger partial charge on any atom is 0.316 e. The molecule has 0 aromatic heterocycles. The monoisotopic (exact) mass is 296 g/mol. The van der Waals surface area contributed by atoms with Crippen molar-refractivity contribution >= 4 is 11.8 Å². The molecule has 0 radical (unpaired) electrons. The van der Waals surface area contributed by atoms with Gasteiger partial charge in [-0.05, 0) is 18.9 Å². The standard InChI is InChI=1S/C15H20O6/c1-18-10-9-14(13(17)19-2)8-6-5-7-11(14)15(20-3,21-4)12(10)16/h5-6,9,11H,7-8H2,1-4H3/t11-,14+/m0/s1. The number of allylic oxidation sites excluding steroid dienone is 2. The summed E-state index contributed by atoms with van der Waals surface area (Å²) in [6.07, 6.45) is 6.22. The second kappa shape index (κ2) is 5.61. The lowest BCUT2D eigenvalue weighted by atomic mass is 9.61. The van der Waals surface area contributed by atoms with Gasteiger partial charge >= 0.3 is 5.97 Å². The predicted molar refractivity (Wildman–Crippen MR) is 73.2 cm³/mol. The molecule has 0 heterocycles. The first-order valence-electron chi connectivity index (χ1n) is 6.67. The molecule has 0 N–H and O–H groups in total. The Kier molecular flexibility index (Phi) is 4.20. The average molecular weight is 296 g/mol. The Hall–Kier alpha value is -1.66. The van der Waals surface area contributed by atoms with E-state index in [1.165, 1.54) is 28.4 Å². The minimum atomic E-state index is -1.56. The highest BCUT2D eigenvalue weighted by Crippen LogP contribution is 2.52. The molecule has 21 heavy (non-hydrogen) atoms. The van der Waals surface area contributed by atoms with Crippen molar-refractivity contribution in [2.75, 3.05) is 28.4 Å². The predicted octanol–water partition coefficient (Wildman–Crippen LogP) is 1.21. The fourth-order valence-electron chi connectivity index (χ4n) is 3.33. The van der Waals surface area contributed by atoms with E-state index >= 15 is 0 Å². The van der Waals surface area contributed by atoms with E-state index in [0.717, 1.165) is 0 Å². The summed E-state index contributed by atoms with van der Waals surface area (Å²) in [5.41, 5.74) is -1.03. The first-order valence-corrected chi connectivity index (χ1v) is 6.67. The van der Waals surface area contributed by atoms with Crippen molar-refractivity contribution in [3.8, 4) is 0 Å². The van der Waals surface area contributed by atoms with E-state index in [1.807, 2.05) is 12.2 Å². The number of methoxy groups -OCH3 is 4. The molecule has 0 aliphatic heterocycles. The Bertz CT molecular complexity index is 502. The minimum absolute atomic E-state index is 0.0515. The van der Waals surface area contributed by atoms with Gasteiger partial charge in [-0.2, -0.15) is 0 Å². The molecule has 0 unspecified atom stereocenters. The van der Waals surface area contributed by atoms with Gasteiger partial charge in [-0.25, -0.2) is 0 Å². The zero-order valence-electron chi connectivity index (χ0n) is 12.7. The molecule has 0 aromatic carbocycles. The highest BCUT2D eigenvalue weighted by molar-refractivity contribution is 6.03. The molecule has 0 bridgehead atoms. The lowest BCUT2D eigenvalue weighted by Gasteiger charge is -2.49. The lowest BCUT2D eigenvalue weighted by molar-refractivity contribution is -0.249. The molecule has 0 fully saturated rings. The van der Waals surface area contributed by atoms with E-state index in [0.29, 0.717) is 12.8 Å². The highest BCUT2D eigenvalue weighted by atomic mass is 16.7. The number of ether oxygens (including phenoxy) is 4. The number of Topliss-reactive ketones (excluding diaryl/α,β-unsaturated/α-hetero) is 1. The zero-order valence-corrected chi connectivity index (χ0v) is 12.7. The van der Waals surface area contributed by atoms with Crippen molar-refractivity contribution in [1.29, 1.82) is 0 Å². The van der Waals surface area contributed by atoms with Gasteiger partial charge in [-0.1, -0.05) is 12.2 Å². The van der Waals surface area contributed by atoms with Crippen molar-refractivity contribution in [3.63, 3.8) is 0 Å². The van der Waals surface area contributed by atoms with Crippen LogP contribution < -0.4 is 0 Å². The molecular formula is C15H20O6. The number of carbonyl (C=O) groups excluding carboxylic acids is 2. The molecule has 0 aromatic rings. The molecule has 2 aliphatic carbocycles. The SMILES string of the molecule is COC(=O)[C@]12C=C(OC)C(=O)C(OC)(OC)[C@H]1CC=CC2.